The number of morpholine rings is 1. The molecule has 1 aliphatic rings. The molecule has 29 heavy (non-hydrogen) atoms. The highest BCUT2D eigenvalue weighted by Crippen LogP contribution is 2.29. The first-order chi connectivity index (χ1) is 13.7. The molecule has 0 aromatic carbocycles. The van der Waals surface area contributed by atoms with Crippen molar-refractivity contribution in [2.75, 3.05) is 45.8 Å². The van der Waals surface area contributed by atoms with E-state index in [-0.39, 0.29) is 11.3 Å². The Balaban J connectivity index is 2.35. The van der Waals surface area contributed by atoms with E-state index in [0.29, 0.717) is 36.9 Å². The van der Waals surface area contributed by atoms with E-state index in [0.717, 1.165) is 4.88 Å². The van der Waals surface area contributed by atoms with Crippen LogP contribution in [0.25, 0.3) is 0 Å². The second-order valence-corrected chi connectivity index (χ2v) is 8.90. The third-order valence-corrected chi connectivity index (χ3v) is 5.44. The van der Waals surface area contributed by atoms with E-state index in [1.807, 2.05) is 27.7 Å². The Bertz CT molecular complexity index is 781. The normalized spacial score (nSPS) is 16.4. The van der Waals surface area contributed by atoms with Crippen molar-refractivity contribution in [3.05, 3.63) is 15.8 Å². The monoisotopic (exact) mass is 422 g/mol. The Labute approximate surface area is 176 Å². The average molecular weight is 423 g/mol. The SMILES string of the molecule is COC(=O)c1sc(C#CC(C)(C)C)cc1N[C@H](C(=O)N1CCOCC1)[C@H](C)OC. The molecule has 0 aliphatic carbocycles. The van der Waals surface area contributed by atoms with Crippen LogP contribution in [0.3, 0.4) is 0 Å². The van der Waals surface area contributed by atoms with Gasteiger partial charge in [0.2, 0.25) is 5.91 Å². The Kier molecular flexibility index (Phi) is 8.08. The van der Waals surface area contributed by atoms with Gasteiger partial charge in [-0.15, -0.1) is 11.3 Å². The summed E-state index contributed by atoms with van der Waals surface area (Å²) in [5.74, 6) is 5.72. The summed E-state index contributed by atoms with van der Waals surface area (Å²) in [6.45, 7) is 9.96. The molecule has 1 aromatic rings. The number of hydrogen-bond donors (Lipinski definition) is 1. The quantitative estimate of drug-likeness (QED) is 0.561. The highest BCUT2D eigenvalue weighted by Gasteiger charge is 2.32. The molecule has 1 aliphatic heterocycles. The molecule has 1 amide bonds. The lowest BCUT2D eigenvalue weighted by molar-refractivity contribution is -0.138. The van der Waals surface area contributed by atoms with Crippen LogP contribution in [0.1, 0.15) is 42.2 Å². The Morgan fingerprint density at radius 1 is 1.28 bits per heavy atom. The molecule has 0 spiro atoms. The predicted octanol–water partition coefficient (Wildman–Crippen LogP) is 2.61. The van der Waals surface area contributed by atoms with Crippen LogP contribution in [-0.4, -0.2) is 69.4 Å². The van der Waals surface area contributed by atoms with E-state index < -0.39 is 18.1 Å². The second-order valence-electron chi connectivity index (χ2n) is 7.85. The topological polar surface area (TPSA) is 77.1 Å². The number of ether oxygens (including phenoxy) is 3. The van der Waals surface area contributed by atoms with Gasteiger partial charge in [-0.3, -0.25) is 4.79 Å². The minimum absolute atomic E-state index is 0.0907. The van der Waals surface area contributed by atoms with Crippen LogP contribution in [0.5, 0.6) is 0 Å². The molecule has 7 nitrogen and oxygen atoms in total. The molecular formula is C21H30N2O5S. The molecule has 1 saturated heterocycles. The number of thiophene rings is 1. The minimum atomic E-state index is -0.653. The van der Waals surface area contributed by atoms with Crippen molar-refractivity contribution in [3.63, 3.8) is 0 Å². The van der Waals surface area contributed by atoms with Gasteiger partial charge in [-0.25, -0.2) is 4.79 Å². The molecule has 0 unspecified atom stereocenters. The van der Waals surface area contributed by atoms with Crippen molar-refractivity contribution in [1.82, 2.24) is 4.90 Å². The number of carbonyl (C=O) groups is 2. The molecule has 1 fully saturated rings. The number of amides is 1. The summed E-state index contributed by atoms with van der Waals surface area (Å²) in [5, 5.41) is 3.21. The van der Waals surface area contributed by atoms with Crippen molar-refractivity contribution < 1.29 is 23.8 Å². The van der Waals surface area contributed by atoms with Crippen molar-refractivity contribution in [1.29, 1.82) is 0 Å². The van der Waals surface area contributed by atoms with E-state index in [2.05, 4.69) is 17.2 Å². The summed E-state index contributed by atoms with van der Waals surface area (Å²) in [5.41, 5.74) is 0.359. The smallest absolute Gasteiger partial charge is 0.350 e. The summed E-state index contributed by atoms with van der Waals surface area (Å²) in [7, 11) is 2.89. The van der Waals surface area contributed by atoms with Gasteiger partial charge in [-0.05, 0) is 33.8 Å². The lowest BCUT2D eigenvalue weighted by atomic mass is 9.98. The van der Waals surface area contributed by atoms with Gasteiger partial charge in [-0.2, -0.15) is 0 Å². The molecule has 2 heterocycles. The number of nitrogens with one attached hydrogen (secondary N) is 1. The lowest BCUT2D eigenvalue weighted by Crippen LogP contribution is -2.52. The van der Waals surface area contributed by atoms with E-state index >= 15 is 0 Å². The second kappa shape index (κ2) is 10.1. The maximum absolute atomic E-state index is 13.1. The first-order valence-electron chi connectivity index (χ1n) is 9.57. The molecule has 0 saturated carbocycles. The van der Waals surface area contributed by atoms with E-state index in [4.69, 9.17) is 14.2 Å². The van der Waals surface area contributed by atoms with Crippen LogP contribution in [-0.2, 0) is 19.0 Å². The van der Waals surface area contributed by atoms with Gasteiger partial charge in [0.1, 0.15) is 10.9 Å². The maximum atomic E-state index is 13.1. The third kappa shape index (κ3) is 6.46. The van der Waals surface area contributed by atoms with Crippen molar-refractivity contribution in [2.45, 2.75) is 39.8 Å². The van der Waals surface area contributed by atoms with Crippen LogP contribution in [0.15, 0.2) is 6.07 Å². The zero-order chi connectivity index (χ0) is 21.6. The molecule has 2 rings (SSSR count). The van der Waals surface area contributed by atoms with Crippen molar-refractivity contribution in [2.24, 2.45) is 5.41 Å². The summed E-state index contributed by atoms with van der Waals surface area (Å²) < 4.78 is 15.7. The van der Waals surface area contributed by atoms with Crippen molar-refractivity contribution in [3.8, 4) is 11.8 Å². The molecule has 160 valence electrons. The molecular weight excluding hydrogens is 392 g/mol. The fourth-order valence-electron chi connectivity index (χ4n) is 2.72. The molecule has 8 heteroatoms. The number of methoxy groups -OCH3 is 2. The van der Waals surface area contributed by atoms with E-state index in [9.17, 15) is 9.59 Å². The van der Waals surface area contributed by atoms with Crippen LogP contribution < -0.4 is 5.32 Å². The van der Waals surface area contributed by atoms with Gasteiger partial charge < -0.3 is 24.4 Å². The molecule has 1 N–H and O–H groups in total. The summed E-state index contributed by atoms with van der Waals surface area (Å²) in [4.78, 5) is 28.3. The number of anilines is 1. The van der Waals surface area contributed by atoms with E-state index in [1.54, 1.807) is 18.1 Å². The zero-order valence-corrected chi connectivity index (χ0v) is 18.8. The number of carbonyl (C=O) groups excluding carboxylic acids is 2. The fourth-order valence-corrected chi connectivity index (χ4v) is 3.61. The first-order valence-corrected chi connectivity index (χ1v) is 10.4. The van der Waals surface area contributed by atoms with Crippen LogP contribution in [0.4, 0.5) is 5.69 Å². The average Bonchev–Trinajstić information content (AvgIpc) is 3.12. The number of hydrogen-bond acceptors (Lipinski definition) is 7. The van der Waals surface area contributed by atoms with Crippen LogP contribution in [0, 0.1) is 17.3 Å². The molecule has 0 radical (unpaired) electrons. The van der Waals surface area contributed by atoms with Gasteiger partial charge in [0.15, 0.2) is 0 Å². The number of rotatable bonds is 6. The molecule has 0 bridgehead atoms. The van der Waals surface area contributed by atoms with E-state index in [1.165, 1.54) is 18.4 Å². The lowest BCUT2D eigenvalue weighted by Gasteiger charge is -2.33. The van der Waals surface area contributed by atoms with Gasteiger partial charge >= 0.3 is 5.97 Å². The maximum Gasteiger partial charge on any atom is 0.350 e. The standard InChI is InChI=1S/C21H30N2O5S/c1-14(26-5)17(19(24)23-9-11-28-12-10-23)22-16-13-15(7-8-21(2,3)4)29-18(16)20(25)27-6/h13-14,17,22H,9-12H2,1-6H3/t14-,17-/m0/s1. The van der Waals surface area contributed by atoms with Gasteiger partial charge in [0, 0.05) is 25.6 Å². The summed E-state index contributed by atoms with van der Waals surface area (Å²) in [6.07, 6.45) is -0.403. The molecule has 1 aromatic heterocycles. The number of nitrogens with zero attached hydrogens (tertiary/aromatic N) is 1. The summed E-state index contributed by atoms with van der Waals surface area (Å²) >= 11 is 1.25. The third-order valence-electron chi connectivity index (χ3n) is 4.40. The van der Waals surface area contributed by atoms with Gasteiger partial charge in [0.25, 0.3) is 0 Å². The minimum Gasteiger partial charge on any atom is -0.465 e. The summed E-state index contributed by atoms with van der Waals surface area (Å²) in [6, 6.07) is 1.14. The first kappa shape index (κ1) is 23.2. The Morgan fingerprint density at radius 3 is 2.48 bits per heavy atom. The zero-order valence-electron chi connectivity index (χ0n) is 18.0. The van der Waals surface area contributed by atoms with Crippen LogP contribution in [0.2, 0.25) is 0 Å². The fraction of sp³-hybridized carbons (Fsp3) is 0.619. The van der Waals surface area contributed by atoms with Gasteiger partial charge in [0.05, 0.1) is 37.0 Å². The van der Waals surface area contributed by atoms with Gasteiger partial charge in [-0.1, -0.05) is 11.8 Å². The molecule has 2 atom stereocenters. The van der Waals surface area contributed by atoms with Crippen molar-refractivity contribution >= 4 is 28.9 Å². The van der Waals surface area contributed by atoms with Crippen LogP contribution >= 0.6 is 11.3 Å². The highest BCUT2D eigenvalue weighted by molar-refractivity contribution is 7.15. The Morgan fingerprint density at radius 2 is 1.93 bits per heavy atom. The number of esters is 1. The Hall–Kier alpha value is -2.08. The predicted molar refractivity (Wildman–Crippen MR) is 113 cm³/mol. The largest absolute Gasteiger partial charge is 0.465 e. The highest BCUT2D eigenvalue weighted by atomic mass is 32.1.